The van der Waals surface area contributed by atoms with Gasteiger partial charge in [0.2, 0.25) is 0 Å². The fraction of sp³-hybridized carbons (Fsp3) is 1.00. The van der Waals surface area contributed by atoms with Crippen molar-refractivity contribution < 1.29 is 30.4 Å². The normalized spacial score (nSPS) is 16.1. The highest BCUT2D eigenvalue weighted by Gasteiger charge is 2.62. The van der Waals surface area contributed by atoms with Crippen LogP contribution in [0.3, 0.4) is 0 Å². The third-order valence-corrected chi connectivity index (χ3v) is 14.2. The van der Waals surface area contributed by atoms with Gasteiger partial charge in [-0.1, -0.05) is 0 Å². The van der Waals surface area contributed by atoms with Crippen molar-refractivity contribution in [2.45, 2.75) is 92.9 Å². The summed E-state index contributed by atoms with van der Waals surface area (Å²) in [6.07, 6.45) is -0.704. The second-order valence-electron chi connectivity index (χ2n) is 8.42. The van der Waals surface area contributed by atoms with E-state index in [1.807, 2.05) is 69.5 Å². The van der Waals surface area contributed by atoms with E-state index < -0.39 is 26.6 Å². The third-order valence-electron chi connectivity index (χ3n) is 3.47. The van der Waals surface area contributed by atoms with Gasteiger partial charge in [-0.3, -0.25) is 0 Å². The summed E-state index contributed by atoms with van der Waals surface area (Å²) in [6, 6.07) is 0. The molecule has 0 bridgehead atoms. The third kappa shape index (κ3) is 9.89. The molecule has 0 amide bonds. The molecule has 11 heteroatoms. The molecule has 0 rings (SSSR count). The average molecular weight is 458 g/mol. The molecule has 0 fully saturated rings. The van der Waals surface area contributed by atoms with Crippen LogP contribution in [0.5, 0.6) is 0 Å². The fourth-order valence-electron chi connectivity index (χ4n) is 2.06. The van der Waals surface area contributed by atoms with Gasteiger partial charge in [0.1, 0.15) is 0 Å². The Morgan fingerprint density at radius 1 is 0.571 bits per heavy atom. The lowest BCUT2D eigenvalue weighted by molar-refractivity contribution is -0.0831. The lowest BCUT2D eigenvalue weighted by atomic mass is 10.5. The number of hydrogen-bond donors (Lipinski definition) is 0. The van der Waals surface area contributed by atoms with Gasteiger partial charge in [-0.05, 0) is 82.6 Å². The summed E-state index contributed by atoms with van der Waals surface area (Å²) >= 11 is 0. The number of rotatable bonds is 14. The van der Waals surface area contributed by atoms with E-state index in [1.165, 1.54) is 7.11 Å². The van der Waals surface area contributed by atoms with E-state index in [0.29, 0.717) is 0 Å². The lowest BCUT2D eigenvalue weighted by Crippen LogP contribution is -2.68. The Labute approximate surface area is 175 Å². The Balaban J connectivity index is 6.21. The molecule has 0 radical (unpaired) electrons. The van der Waals surface area contributed by atoms with Gasteiger partial charge in [-0.15, -0.1) is 0 Å². The van der Waals surface area contributed by atoms with Gasteiger partial charge in [-0.2, -0.15) is 0 Å². The molecule has 0 unspecified atom stereocenters. The summed E-state index contributed by atoms with van der Waals surface area (Å²) in [4.78, 5) is 0. The zero-order valence-electron chi connectivity index (χ0n) is 20.1. The van der Waals surface area contributed by atoms with Crippen LogP contribution in [0, 0.1) is 0 Å². The predicted octanol–water partition coefficient (Wildman–Crippen LogP) is 3.50. The Morgan fingerprint density at radius 2 is 0.893 bits per heavy atom. The van der Waals surface area contributed by atoms with Crippen LogP contribution in [0.1, 0.15) is 55.4 Å². The van der Waals surface area contributed by atoms with E-state index in [-0.39, 0.29) is 24.4 Å². The van der Waals surface area contributed by atoms with E-state index in [0.717, 1.165) is 0 Å². The van der Waals surface area contributed by atoms with Crippen molar-refractivity contribution in [1.29, 1.82) is 0 Å². The van der Waals surface area contributed by atoms with Crippen LogP contribution in [0.15, 0.2) is 0 Å². The summed E-state index contributed by atoms with van der Waals surface area (Å²) < 4.78 is 45.4. The molecule has 0 aliphatic carbocycles. The highest BCUT2D eigenvalue weighted by atomic mass is 28.5. The minimum atomic E-state index is -3.66. The van der Waals surface area contributed by atoms with Crippen LogP contribution in [-0.4, -0.2) is 76.8 Å². The van der Waals surface area contributed by atoms with E-state index in [2.05, 4.69) is 17.7 Å². The van der Waals surface area contributed by atoms with Crippen molar-refractivity contribution in [3.05, 3.63) is 0 Å². The summed E-state index contributed by atoms with van der Waals surface area (Å²) in [7, 11) is -4.18. The molecular weight excluding hydrogens is 414 g/mol. The zero-order chi connectivity index (χ0) is 22.3. The molecule has 0 aromatic heterocycles. The molecule has 0 aliphatic heterocycles. The van der Waals surface area contributed by atoms with Crippen LogP contribution in [0.25, 0.3) is 0 Å². The first-order chi connectivity index (χ1) is 12.6. The fourth-order valence-corrected chi connectivity index (χ4v) is 11.2. The average Bonchev–Trinajstić information content (AvgIpc) is 2.42. The summed E-state index contributed by atoms with van der Waals surface area (Å²) in [5, 5.41) is 0. The summed E-state index contributed by atoms with van der Waals surface area (Å²) in [5.41, 5.74) is 0. The van der Waals surface area contributed by atoms with Crippen molar-refractivity contribution in [1.82, 2.24) is 4.57 Å². The van der Waals surface area contributed by atoms with E-state index in [4.69, 9.17) is 30.4 Å². The molecule has 0 aromatic carbocycles. The van der Waals surface area contributed by atoms with Crippen LogP contribution in [-0.2, 0) is 30.4 Å². The zero-order valence-corrected chi connectivity index (χ0v) is 23.1. The highest BCUT2D eigenvalue weighted by molar-refractivity contribution is 6.79. The van der Waals surface area contributed by atoms with E-state index >= 15 is 0 Å². The molecular formula is C17H43NO7Si3. The molecule has 0 saturated heterocycles. The van der Waals surface area contributed by atoms with Gasteiger partial charge in [0, 0.05) is 31.5 Å². The van der Waals surface area contributed by atoms with Crippen LogP contribution in [0.2, 0.25) is 13.1 Å². The first kappa shape index (κ1) is 28.3. The molecule has 0 aromatic rings. The van der Waals surface area contributed by atoms with Gasteiger partial charge in [0.25, 0.3) is 8.48 Å². The second kappa shape index (κ2) is 11.6. The molecule has 1 atom stereocenters. The monoisotopic (exact) mass is 457 g/mol. The minimum absolute atomic E-state index is 0.175. The lowest BCUT2D eigenvalue weighted by Gasteiger charge is -2.42. The first-order valence-corrected chi connectivity index (χ1v) is 16.0. The smallest absolute Gasteiger partial charge is 0.380 e. The van der Waals surface area contributed by atoms with Crippen LogP contribution in [0.4, 0.5) is 0 Å². The van der Waals surface area contributed by atoms with Crippen LogP contribution >= 0.6 is 0 Å². The van der Waals surface area contributed by atoms with Crippen molar-refractivity contribution in [2.75, 3.05) is 21.2 Å². The maximum absolute atomic E-state index is 6.48. The van der Waals surface area contributed by atoms with Crippen molar-refractivity contribution >= 4 is 26.6 Å². The van der Waals surface area contributed by atoms with Gasteiger partial charge in [0.15, 0.2) is 0 Å². The maximum atomic E-state index is 6.48. The SMILES string of the molecule is CO[Si@@](OC(C)C)(O[Si](OC(C)C)(OC(C)C)OC(C)C)O[Si](C)(C)N(C)C. The molecule has 8 nitrogen and oxygen atoms in total. The highest BCUT2D eigenvalue weighted by Crippen LogP contribution is 2.29. The topological polar surface area (TPSA) is 67.9 Å². The Hall–Kier alpha value is 0.331. The van der Waals surface area contributed by atoms with Crippen LogP contribution < -0.4 is 0 Å². The minimum Gasteiger partial charge on any atom is -0.380 e. The maximum Gasteiger partial charge on any atom is 0.674 e. The second-order valence-corrected chi connectivity index (χ2v) is 17.2. The molecule has 170 valence electrons. The molecule has 0 heterocycles. The first-order valence-electron chi connectivity index (χ1n) is 9.93. The van der Waals surface area contributed by atoms with Crippen molar-refractivity contribution in [3.8, 4) is 0 Å². The van der Waals surface area contributed by atoms with Gasteiger partial charge in [0.05, 0.1) is 0 Å². The molecule has 0 N–H and O–H groups in total. The van der Waals surface area contributed by atoms with E-state index in [1.54, 1.807) is 0 Å². The summed E-state index contributed by atoms with van der Waals surface area (Å²) in [5.74, 6) is 0. The Bertz CT molecular complexity index is 424. The molecule has 0 spiro atoms. The van der Waals surface area contributed by atoms with Gasteiger partial charge in [-0.25, -0.2) is 0 Å². The predicted molar refractivity (Wildman–Crippen MR) is 117 cm³/mol. The van der Waals surface area contributed by atoms with Crippen molar-refractivity contribution in [2.24, 2.45) is 0 Å². The quantitative estimate of drug-likeness (QED) is 0.367. The summed E-state index contributed by atoms with van der Waals surface area (Å²) in [6.45, 7) is 19.4. The largest absolute Gasteiger partial charge is 0.674 e. The Morgan fingerprint density at radius 3 is 1.14 bits per heavy atom. The molecule has 28 heavy (non-hydrogen) atoms. The van der Waals surface area contributed by atoms with E-state index in [9.17, 15) is 0 Å². The van der Waals surface area contributed by atoms with Gasteiger partial charge >= 0.3 is 18.1 Å². The standard InChI is InChI=1S/C17H43NO7Si3/c1-14(2)20-27(19-11,24-26(12,13)18(9)10)25-28(21-15(3)4,22-16(5)6)23-17(7)8/h14-17H,1-13H3/t27-/m0/s1. The number of nitrogens with zero attached hydrogens (tertiary/aromatic N) is 1. The van der Waals surface area contributed by atoms with Crippen molar-refractivity contribution in [3.63, 3.8) is 0 Å². The van der Waals surface area contributed by atoms with Gasteiger partial charge < -0.3 is 34.9 Å². The molecule has 0 saturated carbocycles. The number of hydrogen-bond acceptors (Lipinski definition) is 8. The Kier molecular flexibility index (Phi) is 11.8. The molecule has 0 aliphatic rings.